The predicted octanol–water partition coefficient (Wildman–Crippen LogP) is 3.59. The van der Waals surface area contributed by atoms with E-state index < -0.39 is 0 Å². The molecule has 2 nitrogen and oxygen atoms in total. The molecule has 1 fully saturated rings. The molecule has 1 aromatic carbocycles. The van der Waals surface area contributed by atoms with Crippen molar-refractivity contribution in [1.82, 2.24) is 10.4 Å². The Labute approximate surface area is 110 Å². The summed E-state index contributed by atoms with van der Waals surface area (Å²) in [6, 6.07) is 6.09. The average Bonchev–Trinajstić information content (AvgIpc) is 2.32. The molecule has 1 N–H and O–H groups in total. The van der Waals surface area contributed by atoms with Crippen LogP contribution >= 0.6 is 27.5 Å². The third kappa shape index (κ3) is 3.45. The minimum Gasteiger partial charge on any atom is -0.251 e. The molecule has 1 aliphatic heterocycles. The maximum Gasteiger partial charge on any atom is 0.0551 e. The van der Waals surface area contributed by atoms with Crippen LogP contribution in [0.3, 0.4) is 0 Å². The van der Waals surface area contributed by atoms with Crippen LogP contribution in [0.4, 0.5) is 0 Å². The zero-order valence-corrected chi connectivity index (χ0v) is 11.5. The molecule has 0 amide bonds. The summed E-state index contributed by atoms with van der Waals surface area (Å²) >= 11 is 9.44. The second-order valence-electron chi connectivity index (χ2n) is 4.13. The Morgan fingerprint density at radius 1 is 1.25 bits per heavy atom. The van der Waals surface area contributed by atoms with E-state index in [0.29, 0.717) is 0 Å². The average molecular weight is 304 g/mol. The van der Waals surface area contributed by atoms with Crippen molar-refractivity contribution in [3.05, 3.63) is 33.3 Å². The van der Waals surface area contributed by atoms with Gasteiger partial charge in [0, 0.05) is 24.1 Å². The number of hydrogen-bond acceptors (Lipinski definition) is 2. The van der Waals surface area contributed by atoms with E-state index in [1.165, 1.54) is 24.8 Å². The van der Waals surface area contributed by atoms with Crippen molar-refractivity contribution in [3.63, 3.8) is 0 Å². The van der Waals surface area contributed by atoms with Crippen LogP contribution in [0, 0.1) is 0 Å². The van der Waals surface area contributed by atoms with E-state index in [2.05, 4.69) is 32.4 Å². The largest absolute Gasteiger partial charge is 0.251 e. The van der Waals surface area contributed by atoms with Gasteiger partial charge in [0.2, 0.25) is 0 Å². The van der Waals surface area contributed by atoms with Gasteiger partial charge in [-0.15, -0.1) is 0 Å². The maximum atomic E-state index is 6.05. The quantitative estimate of drug-likeness (QED) is 0.918. The summed E-state index contributed by atoms with van der Waals surface area (Å²) in [6.45, 7) is 3.17. The fourth-order valence-corrected chi connectivity index (χ4v) is 2.35. The number of hydrazine groups is 1. The van der Waals surface area contributed by atoms with Gasteiger partial charge in [0.25, 0.3) is 0 Å². The first-order valence-corrected chi connectivity index (χ1v) is 6.85. The Kier molecular flexibility index (Phi) is 4.65. The molecular weight excluding hydrogens is 288 g/mol. The van der Waals surface area contributed by atoms with Gasteiger partial charge in [-0.1, -0.05) is 24.1 Å². The zero-order chi connectivity index (χ0) is 11.4. The Morgan fingerprint density at radius 3 is 2.69 bits per heavy atom. The van der Waals surface area contributed by atoms with E-state index in [1.807, 2.05) is 12.1 Å². The molecule has 0 spiro atoms. The van der Waals surface area contributed by atoms with Crippen LogP contribution in [0.5, 0.6) is 0 Å². The SMILES string of the molecule is Clc1cc(CNN2CCCCC2)ccc1Br. The van der Waals surface area contributed by atoms with E-state index in [4.69, 9.17) is 11.6 Å². The highest BCUT2D eigenvalue weighted by molar-refractivity contribution is 9.10. The van der Waals surface area contributed by atoms with Gasteiger partial charge in [-0.05, 0) is 46.5 Å². The summed E-state index contributed by atoms with van der Waals surface area (Å²) in [5.74, 6) is 0. The molecule has 0 saturated carbocycles. The molecule has 1 aromatic rings. The van der Waals surface area contributed by atoms with Crippen LogP contribution < -0.4 is 5.43 Å². The van der Waals surface area contributed by atoms with E-state index in [0.717, 1.165) is 29.1 Å². The number of nitrogens with zero attached hydrogens (tertiary/aromatic N) is 1. The fraction of sp³-hybridized carbons (Fsp3) is 0.500. The van der Waals surface area contributed by atoms with Gasteiger partial charge in [0.15, 0.2) is 0 Å². The minimum absolute atomic E-state index is 0.776. The Bertz CT molecular complexity index is 351. The summed E-state index contributed by atoms with van der Waals surface area (Å²) in [7, 11) is 0. The monoisotopic (exact) mass is 302 g/mol. The predicted molar refractivity (Wildman–Crippen MR) is 71.4 cm³/mol. The van der Waals surface area contributed by atoms with Crippen molar-refractivity contribution in [2.45, 2.75) is 25.8 Å². The second kappa shape index (κ2) is 6.01. The van der Waals surface area contributed by atoms with E-state index in [1.54, 1.807) is 0 Å². The number of halogens is 2. The maximum absolute atomic E-state index is 6.05. The van der Waals surface area contributed by atoms with Crippen LogP contribution in [0.25, 0.3) is 0 Å². The highest BCUT2D eigenvalue weighted by atomic mass is 79.9. The summed E-state index contributed by atoms with van der Waals surface area (Å²) in [4.78, 5) is 0. The Morgan fingerprint density at radius 2 is 2.00 bits per heavy atom. The standard InChI is InChI=1S/C12H16BrClN2/c13-11-5-4-10(8-12(11)14)9-15-16-6-2-1-3-7-16/h4-5,8,15H,1-3,6-7,9H2. The molecule has 16 heavy (non-hydrogen) atoms. The molecule has 0 bridgehead atoms. The number of rotatable bonds is 3. The summed E-state index contributed by atoms with van der Waals surface area (Å²) in [5, 5.41) is 3.08. The molecular formula is C12H16BrClN2. The minimum atomic E-state index is 0.776. The molecule has 0 unspecified atom stereocenters. The molecule has 0 aromatic heterocycles. The molecule has 0 radical (unpaired) electrons. The van der Waals surface area contributed by atoms with Gasteiger partial charge in [-0.25, -0.2) is 5.01 Å². The van der Waals surface area contributed by atoms with Crippen LogP contribution in [-0.4, -0.2) is 18.1 Å². The van der Waals surface area contributed by atoms with Gasteiger partial charge in [0.05, 0.1) is 5.02 Å². The van der Waals surface area contributed by atoms with E-state index in [9.17, 15) is 0 Å². The van der Waals surface area contributed by atoms with Crippen molar-refractivity contribution in [1.29, 1.82) is 0 Å². The number of hydrogen-bond donors (Lipinski definition) is 1. The lowest BCUT2D eigenvalue weighted by molar-refractivity contribution is 0.151. The van der Waals surface area contributed by atoms with Gasteiger partial charge >= 0.3 is 0 Å². The lowest BCUT2D eigenvalue weighted by Gasteiger charge is -2.27. The van der Waals surface area contributed by atoms with Gasteiger partial charge < -0.3 is 0 Å². The van der Waals surface area contributed by atoms with E-state index >= 15 is 0 Å². The third-order valence-electron chi connectivity index (χ3n) is 2.85. The normalized spacial score (nSPS) is 17.6. The first-order valence-electron chi connectivity index (χ1n) is 5.68. The topological polar surface area (TPSA) is 15.3 Å². The number of piperidine rings is 1. The van der Waals surface area contributed by atoms with Crippen molar-refractivity contribution >= 4 is 27.5 Å². The van der Waals surface area contributed by atoms with Crippen LogP contribution in [0.1, 0.15) is 24.8 Å². The molecule has 2 rings (SSSR count). The van der Waals surface area contributed by atoms with Crippen LogP contribution in [0.2, 0.25) is 5.02 Å². The number of benzene rings is 1. The Balaban J connectivity index is 1.86. The summed E-state index contributed by atoms with van der Waals surface area (Å²) < 4.78 is 0.955. The molecule has 1 heterocycles. The summed E-state index contributed by atoms with van der Waals surface area (Å²) in [6.07, 6.45) is 3.96. The third-order valence-corrected chi connectivity index (χ3v) is 4.08. The molecule has 88 valence electrons. The Hall–Kier alpha value is -0.0900. The van der Waals surface area contributed by atoms with Crippen LogP contribution in [0.15, 0.2) is 22.7 Å². The van der Waals surface area contributed by atoms with Crippen LogP contribution in [-0.2, 0) is 6.54 Å². The van der Waals surface area contributed by atoms with Gasteiger partial charge in [-0.2, -0.15) is 0 Å². The molecule has 0 aliphatic carbocycles. The van der Waals surface area contributed by atoms with Crippen molar-refractivity contribution in [2.24, 2.45) is 0 Å². The second-order valence-corrected chi connectivity index (χ2v) is 5.39. The van der Waals surface area contributed by atoms with E-state index in [-0.39, 0.29) is 0 Å². The molecule has 1 aliphatic rings. The van der Waals surface area contributed by atoms with Gasteiger partial charge in [-0.3, -0.25) is 5.43 Å². The molecule has 1 saturated heterocycles. The lowest BCUT2D eigenvalue weighted by Crippen LogP contribution is -2.41. The van der Waals surface area contributed by atoms with Crippen molar-refractivity contribution in [2.75, 3.05) is 13.1 Å². The molecule has 0 atom stereocenters. The smallest absolute Gasteiger partial charge is 0.0551 e. The fourth-order valence-electron chi connectivity index (χ4n) is 1.90. The van der Waals surface area contributed by atoms with Crippen molar-refractivity contribution in [3.8, 4) is 0 Å². The summed E-state index contributed by atoms with van der Waals surface area (Å²) in [5.41, 5.74) is 4.67. The number of nitrogens with one attached hydrogen (secondary N) is 1. The first kappa shape index (κ1) is 12.4. The van der Waals surface area contributed by atoms with Crippen molar-refractivity contribution < 1.29 is 0 Å². The highest BCUT2D eigenvalue weighted by Crippen LogP contribution is 2.23. The molecule has 4 heteroatoms. The lowest BCUT2D eigenvalue weighted by atomic mass is 10.2. The highest BCUT2D eigenvalue weighted by Gasteiger charge is 2.09. The first-order chi connectivity index (χ1) is 7.75. The zero-order valence-electron chi connectivity index (χ0n) is 9.18. The van der Waals surface area contributed by atoms with Gasteiger partial charge in [0.1, 0.15) is 0 Å².